The molecule has 6 heteroatoms. The van der Waals surface area contributed by atoms with Crippen LogP contribution in [0.2, 0.25) is 0 Å². The van der Waals surface area contributed by atoms with Gasteiger partial charge in [-0.1, -0.05) is 48.0 Å². The first-order chi connectivity index (χ1) is 14.2. The number of hydrogen-bond donors (Lipinski definition) is 2. The van der Waals surface area contributed by atoms with Crippen molar-refractivity contribution in [3.8, 4) is 0 Å². The van der Waals surface area contributed by atoms with Crippen LogP contribution in [0.5, 0.6) is 0 Å². The summed E-state index contributed by atoms with van der Waals surface area (Å²) in [5, 5.41) is 5.96. The molecule has 2 rings (SSSR count). The summed E-state index contributed by atoms with van der Waals surface area (Å²) in [6.07, 6.45) is 0. The Morgan fingerprint density at radius 3 is 2.03 bits per heavy atom. The molecule has 1 unspecified atom stereocenters. The zero-order valence-electron chi connectivity index (χ0n) is 19.0. The molecule has 0 aromatic heterocycles. The maximum absolute atomic E-state index is 12.4. The molecule has 0 bridgehead atoms. The first-order valence-corrected chi connectivity index (χ1v) is 10.2. The number of aryl methyl sites for hydroxylation is 3. The van der Waals surface area contributed by atoms with Crippen molar-refractivity contribution >= 4 is 17.5 Å². The summed E-state index contributed by atoms with van der Waals surface area (Å²) in [6.45, 7) is 6.83. The van der Waals surface area contributed by atoms with E-state index in [-0.39, 0.29) is 30.9 Å². The van der Waals surface area contributed by atoms with Gasteiger partial charge in [0.1, 0.15) is 0 Å². The van der Waals surface area contributed by atoms with Crippen LogP contribution in [0.4, 0.5) is 5.69 Å². The fourth-order valence-corrected chi connectivity index (χ4v) is 3.64. The molecule has 2 aromatic carbocycles. The molecule has 0 radical (unpaired) electrons. The minimum absolute atomic E-state index is 0.0937. The van der Waals surface area contributed by atoms with E-state index in [1.165, 1.54) is 5.56 Å². The van der Waals surface area contributed by atoms with Gasteiger partial charge in [-0.2, -0.15) is 0 Å². The lowest BCUT2D eigenvalue weighted by atomic mass is 10.1. The molecule has 0 saturated heterocycles. The minimum Gasteiger partial charge on any atom is -0.353 e. The van der Waals surface area contributed by atoms with Gasteiger partial charge < -0.3 is 15.5 Å². The normalized spacial score (nSPS) is 12.1. The molecule has 0 spiro atoms. The third kappa shape index (κ3) is 6.97. The third-order valence-electron chi connectivity index (χ3n) is 5.07. The second-order valence-corrected chi connectivity index (χ2v) is 8.19. The maximum atomic E-state index is 12.4. The second kappa shape index (κ2) is 10.9. The lowest BCUT2D eigenvalue weighted by Gasteiger charge is -2.25. The fourth-order valence-electron chi connectivity index (χ4n) is 3.64. The molecule has 0 heterocycles. The van der Waals surface area contributed by atoms with E-state index < -0.39 is 0 Å². The number of nitrogens with one attached hydrogen (secondary N) is 2. The van der Waals surface area contributed by atoms with Crippen LogP contribution in [-0.4, -0.2) is 62.4 Å². The zero-order valence-corrected chi connectivity index (χ0v) is 19.0. The van der Waals surface area contributed by atoms with Crippen LogP contribution in [0.15, 0.2) is 42.5 Å². The van der Waals surface area contributed by atoms with Crippen molar-refractivity contribution in [3.63, 3.8) is 0 Å². The molecular formula is C24H34N4O2. The summed E-state index contributed by atoms with van der Waals surface area (Å²) in [6, 6.07) is 14.3. The van der Waals surface area contributed by atoms with Gasteiger partial charge in [0.05, 0.1) is 19.1 Å². The number of anilines is 1. The molecule has 6 nitrogen and oxygen atoms in total. The molecule has 162 valence electrons. The SMILES string of the molecule is Cc1cc(C)c(NC(=O)CN(C)CC(=O)NCC(c2ccccc2)N(C)C)c(C)c1. The van der Waals surface area contributed by atoms with Crippen molar-refractivity contribution in [1.82, 2.24) is 15.1 Å². The number of likely N-dealkylation sites (N-methyl/N-ethyl adjacent to an activating group) is 2. The smallest absolute Gasteiger partial charge is 0.238 e. The van der Waals surface area contributed by atoms with E-state index in [1.54, 1.807) is 11.9 Å². The number of rotatable bonds is 9. The first-order valence-electron chi connectivity index (χ1n) is 10.2. The second-order valence-electron chi connectivity index (χ2n) is 8.19. The maximum Gasteiger partial charge on any atom is 0.238 e. The average Bonchev–Trinajstić information content (AvgIpc) is 2.65. The highest BCUT2D eigenvalue weighted by Gasteiger charge is 2.17. The molecule has 2 N–H and O–H groups in total. The van der Waals surface area contributed by atoms with Gasteiger partial charge in [0.25, 0.3) is 0 Å². The molecule has 0 aliphatic carbocycles. The minimum atomic E-state index is -0.129. The Balaban J connectivity index is 1.84. The van der Waals surface area contributed by atoms with Gasteiger partial charge in [-0.3, -0.25) is 14.5 Å². The molecule has 0 saturated carbocycles. The van der Waals surface area contributed by atoms with Crippen molar-refractivity contribution in [2.45, 2.75) is 26.8 Å². The van der Waals surface area contributed by atoms with Crippen LogP contribution in [0.1, 0.15) is 28.3 Å². The van der Waals surface area contributed by atoms with Crippen LogP contribution in [0.3, 0.4) is 0 Å². The number of nitrogens with zero attached hydrogens (tertiary/aromatic N) is 2. The third-order valence-corrected chi connectivity index (χ3v) is 5.07. The number of amides is 2. The summed E-state index contributed by atoms with van der Waals surface area (Å²) < 4.78 is 0. The Kier molecular flexibility index (Phi) is 8.57. The lowest BCUT2D eigenvalue weighted by Crippen LogP contribution is -2.41. The first kappa shape index (κ1) is 23.6. The summed E-state index contributed by atoms with van der Waals surface area (Å²) in [5.74, 6) is -0.230. The van der Waals surface area contributed by atoms with Crippen LogP contribution < -0.4 is 10.6 Å². The van der Waals surface area contributed by atoms with Crippen molar-refractivity contribution < 1.29 is 9.59 Å². The number of hydrogen-bond acceptors (Lipinski definition) is 4. The predicted molar refractivity (Wildman–Crippen MR) is 123 cm³/mol. The van der Waals surface area contributed by atoms with Crippen molar-refractivity contribution in [2.24, 2.45) is 0 Å². The quantitative estimate of drug-likeness (QED) is 0.667. The lowest BCUT2D eigenvalue weighted by molar-refractivity contribution is -0.123. The molecule has 2 aromatic rings. The Hall–Kier alpha value is -2.70. The Labute approximate surface area is 180 Å². The topological polar surface area (TPSA) is 64.7 Å². The Morgan fingerprint density at radius 2 is 1.47 bits per heavy atom. The van der Waals surface area contributed by atoms with Crippen LogP contribution in [0.25, 0.3) is 0 Å². The molecule has 0 fully saturated rings. The van der Waals surface area contributed by atoms with Gasteiger partial charge in [-0.05, 0) is 58.6 Å². The van der Waals surface area contributed by atoms with Gasteiger partial charge in [-0.25, -0.2) is 0 Å². The molecular weight excluding hydrogens is 376 g/mol. The number of carbonyl (C=O) groups is 2. The van der Waals surface area contributed by atoms with Crippen LogP contribution >= 0.6 is 0 Å². The van der Waals surface area contributed by atoms with Gasteiger partial charge in [0.15, 0.2) is 0 Å². The van der Waals surface area contributed by atoms with Gasteiger partial charge in [0, 0.05) is 12.2 Å². The van der Waals surface area contributed by atoms with Gasteiger partial charge in [0.2, 0.25) is 11.8 Å². The Bertz CT molecular complexity index is 842. The molecule has 2 amide bonds. The van der Waals surface area contributed by atoms with Crippen molar-refractivity contribution in [3.05, 3.63) is 64.7 Å². The highest BCUT2D eigenvalue weighted by molar-refractivity contribution is 5.94. The van der Waals surface area contributed by atoms with E-state index in [9.17, 15) is 9.59 Å². The van der Waals surface area contributed by atoms with Crippen molar-refractivity contribution in [1.29, 1.82) is 0 Å². The highest BCUT2D eigenvalue weighted by atomic mass is 16.2. The van der Waals surface area contributed by atoms with Crippen LogP contribution in [-0.2, 0) is 9.59 Å². The summed E-state index contributed by atoms with van der Waals surface area (Å²) in [5.41, 5.74) is 5.25. The van der Waals surface area contributed by atoms with Gasteiger partial charge in [-0.15, -0.1) is 0 Å². The van der Waals surface area contributed by atoms with E-state index in [0.717, 1.165) is 22.4 Å². The van der Waals surface area contributed by atoms with Gasteiger partial charge >= 0.3 is 0 Å². The molecule has 30 heavy (non-hydrogen) atoms. The predicted octanol–water partition coefficient (Wildman–Crippen LogP) is 2.90. The monoisotopic (exact) mass is 410 g/mol. The van der Waals surface area contributed by atoms with Crippen LogP contribution in [0, 0.1) is 20.8 Å². The molecule has 0 aliphatic rings. The van der Waals surface area contributed by atoms with E-state index in [1.807, 2.05) is 65.2 Å². The van der Waals surface area contributed by atoms with E-state index in [4.69, 9.17) is 0 Å². The largest absolute Gasteiger partial charge is 0.353 e. The zero-order chi connectivity index (χ0) is 22.3. The molecule has 0 aliphatic heterocycles. The summed E-state index contributed by atoms with van der Waals surface area (Å²) in [4.78, 5) is 28.6. The summed E-state index contributed by atoms with van der Waals surface area (Å²) in [7, 11) is 5.76. The number of benzene rings is 2. The highest BCUT2D eigenvalue weighted by Crippen LogP contribution is 2.21. The Morgan fingerprint density at radius 1 is 0.900 bits per heavy atom. The standard InChI is InChI=1S/C24H34N4O2/c1-17-12-18(2)24(19(3)13-17)26-23(30)16-28(6)15-22(29)25-14-21(27(4)5)20-10-8-7-9-11-20/h7-13,21H,14-16H2,1-6H3,(H,25,29)(H,26,30). The van der Waals surface area contributed by atoms with E-state index in [0.29, 0.717) is 6.54 Å². The average molecular weight is 411 g/mol. The van der Waals surface area contributed by atoms with E-state index >= 15 is 0 Å². The fraction of sp³-hybridized carbons (Fsp3) is 0.417. The van der Waals surface area contributed by atoms with Crippen molar-refractivity contribution in [2.75, 3.05) is 46.1 Å². The molecule has 1 atom stereocenters. The number of carbonyl (C=O) groups excluding carboxylic acids is 2. The van der Waals surface area contributed by atoms with E-state index in [2.05, 4.69) is 27.7 Å². The summed E-state index contributed by atoms with van der Waals surface area (Å²) >= 11 is 0.